The molecule has 0 saturated carbocycles. The Hall–Kier alpha value is -1.51. The molecule has 0 N–H and O–H groups in total. The quantitative estimate of drug-likeness (QED) is 0.851. The van der Waals surface area contributed by atoms with E-state index in [2.05, 4.69) is 15.1 Å². The van der Waals surface area contributed by atoms with Gasteiger partial charge in [0.15, 0.2) is 0 Å². The van der Waals surface area contributed by atoms with Crippen LogP contribution in [0.4, 0.5) is 5.13 Å². The summed E-state index contributed by atoms with van der Waals surface area (Å²) < 4.78 is 27.4. The van der Waals surface area contributed by atoms with Crippen LogP contribution in [0.2, 0.25) is 0 Å². The molecule has 116 valence electrons. The van der Waals surface area contributed by atoms with Crippen LogP contribution in [0.3, 0.4) is 0 Å². The van der Waals surface area contributed by atoms with Gasteiger partial charge < -0.3 is 4.90 Å². The van der Waals surface area contributed by atoms with E-state index in [9.17, 15) is 8.42 Å². The lowest BCUT2D eigenvalue weighted by Gasteiger charge is -2.24. The predicted molar refractivity (Wildman–Crippen MR) is 84.4 cm³/mol. The van der Waals surface area contributed by atoms with E-state index >= 15 is 0 Å². The Bertz CT molecular complexity index is 748. The van der Waals surface area contributed by atoms with Crippen LogP contribution in [0.15, 0.2) is 40.7 Å². The average molecular weight is 336 g/mol. The van der Waals surface area contributed by atoms with Gasteiger partial charge in [0.05, 0.1) is 4.90 Å². The summed E-state index contributed by atoms with van der Waals surface area (Å²) in [5, 5.41) is 8.92. The van der Waals surface area contributed by atoms with Crippen molar-refractivity contribution in [3.63, 3.8) is 0 Å². The van der Waals surface area contributed by atoms with Crippen molar-refractivity contribution in [2.24, 2.45) is 0 Å². The molecule has 2 aromatic rings. The summed E-state index contributed by atoms with van der Waals surface area (Å²) in [6.07, 6.45) is 1.69. The highest BCUT2D eigenvalue weighted by atomic mass is 32.2. The van der Waals surface area contributed by atoms with Crippen LogP contribution < -0.4 is 4.90 Å². The molecule has 1 aromatic carbocycles. The molecule has 8 heteroatoms. The molecule has 6 nitrogen and oxygen atoms in total. The molecular weight excluding hydrogens is 320 g/mol. The Morgan fingerprint density at radius 1 is 1.09 bits per heavy atom. The first-order valence-electron chi connectivity index (χ1n) is 7.27. The topological polar surface area (TPSA) is 66.4 Å². The SMILES string of the molecule is O=S(=O)(c1ccccc1)N1CC[C@@H]2[C@@H]1CCN2c1nncs1. The summed E-state index contributed by atoms with van der Waals surface area (Å²) in [5.74, 6) is 0. The summed E-state index contributed by atoms with van der Waals surface area (Å²) in [4.78, 5) is 2.59. The van der Waals surface area contributed by atoms with Crippen molar-refractivity contribution in [2.45, 2.75) is 29.8 Å². The van der Waals surface area contributed by atoms with Crippen molar-refractivity contribution in [1.82, 2.24) is 14.5 Å². The third-order valence-electron chi connectivity index (χ3n) is 4.47. The van der Waals surface area contributed by atoms with E-state index in [-0.39, 0.29) is 12.1 Å². The molecule has 2 fully saturated rings. The fourth-order valence-electron chi connectivity index (χ4n) is 3.50. The van der Waals surface area contributed by atoms with E-state index < -0.39 is 10.0 Å². The van der Waals surface area contributed by atoms with Crippen molar-refractivity contribution in [1.29, 1.82) is 0 Å². The molecule has 2 saturated heterocycles. The molecule has 1 aromatic heterocycles. The maximum absolute atomic E-state index is 12.9. The molecule has 3 heterocycles. The van der Waals surface area contributed by atoms with Gasteiger partial charge in [-0.3, -0.25) is 0 Å². The van der Waals surface area contributed by atoms with Crippen molar-refractivity contribution in [3.8, 4) is 0 Å². The van der Waals surface area contributed by atoms with E-state index in [1.54, 1.807) is 34.1 Å². The zero-order chi connectivity index (χ0) is 15.2. The molecule has 0 radical (unpaired) electrons. The Labute approximate surface area is 133 Å². The first-order chi connectivity index (χ1) is 10.7. The molecule has 0 amide bonds. The second-order valence-electron chi connectivity index (χ2n) is 5.56. The summed E-state index contributed by atoms with van der Waals surface area (Å²) in [6.45, 7) is 1.41. The average Bonchev–Trinajstić information content (AvgIpc) is 3.24. The molecule has 2 atom stereocenters. The molecule has 0 unspecified atom stereocenters. The Kier molecular flexibility index (Phi) is 3.39. The Balaban J connectivity index is 1.62. The maximum atomic E-state index is 12.9. The molecule has 0 spiro atoms. The van der Waals surface area contributed by atoms with Crippen molar-refractivity contribution >= 4 is 26.5 Å². The van der Waals surface area contributed by atoms with E-state index in [0.717, 1.165) is 24.5 Å². The molecule has 2 aliphatic rings. The normalized spacial score (nSPS) is 25.5. The second kappa shape index (κ2) is 5.29. The maximum Gasteiger partial charge on any atom is 0.243 e. The van der Waals surface area contributed by atoms with Crippen LogP contribution in [0.5, 0.6) is 0 Å². The number of benzene rings is 1. The minimum absolute atomic E-state index is 0.0362. The number of hydrogen-bond acceptors (Lipinski definition) is 6. The largest absolute Gasteiger partial charge is 0.342 e. The van der Waals surface area contributed by atoms with Crippen LogP contribution in [0.25, 0.3) is 0 Å². The number of sulfonamides is 1. The third kappa shape index (κ3) is 2.13. The number of rotatable bonds is 3. The van der Waals surface area contributed by atoms with E-state index in [1.165, 1.54) is 11.3 Å². The molecule has 0 bridgehead atoms. The van der Waals surface area contributed by atoms with Crippen LogP contribution in [0, 0.1) is 0 Å². The summed E-state index contributed by atoms with van der Waals surface area (Å²) in [6, 6.07) is 8.95. The van der Waals surface area contributed by atoms with Gasteiger partial charge in [-0.25, -0.2) is 8.42 Å². The monoisotopic (exact) mass is 336 g/mol. The van der Waals surface area contributed by atoms with Crippen LogP contribution in [-0.2, 0) is 10.0 Å². The smallest absolute Gasteiger partial charge is 0.243 e. The number of anilines is 1. The van der Waals surface area contributed by atoms with Gasteiger partial charge in [0.25, 0.3) is 0 Å². The van der Waals surface area contributed by atoms with Crippen molar-refractivity contribution in [3.05, 3.63) is 35.8 Å². The fourth-order valence-corrected chi connectivity index (χ4v) is 5.87. The lowest BCUT2D eigenvalue weighted by atomic mass is 10.1. The third-order valence-corrected chi connectivity index (χ3v) is 7.13. The van der Waals surface area contributed by atoms with Gasteiger partial charge >= 0.3 is 0 Å². The molecule has 22 heavy (non-hydrogen) atoms. The zero-order valence-corrected chi connectivity index (χ0v) is 13.5. The predicted octanol–water partition coefficient (Wildman–Crippen LogP) is 1.58. The first-order valence-corrected chi connectivity index (χ1v) is 9.59. The van der Waals surface area contributed by atoms with Crippen LogP contribution >= 0.6 is 11.3 Å². The second-order valence-corrected chi connectivity index (χ2v) is 8.26. The van der Waals surface area contributed by atoms with Crippen LogP contribution in [-0.4, -0.2) is 48.1 Å². The van der Waals surface area contributed by atoms with Gasteiger partial charge in [-0.2, -0.15) is 4.31 Å². The number of aromatic nitrogens is 2. The number of fused-ring (bicyclic) bond motifs is 1. The van der Waals surface area contributed by atoms with Gasteiger partial charge in [-0.05, 0) is 25.0 Å². The molecular formula is C14H16N4O2S2. The number of hydrogen-bond donors (Lipinski definition) is 0. The Morgan fingerprint density at radius 2 is 1.86 bits per heavy atom. The highest BCUT2D eigenvalue weighted by Crippen LogP contribution is 2.38. The number of nitrogens with zero attached hydrogens (tertiary/aromatic N) is 4. The molecule has 2 aliphatic heterocycles. The summed E-state index contributed by atoms with van der Waals surface area (Å²) >= 11 is 1.51. The van der Waals surface area contributed by atoms with Gasteiger partial charge in [0, 0.05) is 25.2 Å². The molecule has 0 aliphatic carbocycles. The minimum Gasteiger partial charge on any atom is -0.342 e. The van der Waals surface area contributed by atoms with Gasteiger partial charge in [-0.15, -0.1) is 10.2 Å². The molecule has 4 rings (SSSR count). The van der Waals surface area contributed by atoms with E-state index in [4.69, 9.17) is 0 Å². The highest BCUT2D eigenvalue weighted by molar-refractivity contribution is 7.89. The fraction of sp³-hybridized carbons (Fsp3) is 0.429. The van der Waals surface area contributed by atoms with Crippen molar-refractivity contribution < 1.29 is 8.42 Å². The van der Waals surface area contributed by atoms with Crippen molar-refractivity contribution in [2.75, 3.05) is 18.0 Å². The lowest BCUT2D eigenvalue weighted by molar-refractivity contribution is 0.388. The summed E-state index contributed by atoms with van der Waals surface area (Å²) in [5.41, 5.74) is 1.72. The van der Waals surface area contributed by atoms with Gasteiger partial charge in [0.2, 0.25) is 15.2 Å². The minimum atomic E-state index is -3.41. The lowest BCUT2D eigenvalue weighted by Crippen LogP contribution is -2.39. The summed E-state index contributed by atoms with van der Waals surface area (Å²) in [7, 11) is -3.41. The van der Waals surface area contributed by atoms with E-state index in [1.807, 2.05) is 6.07 Å². The highest BCUT2D eigenvalue weighted by Gasteiger charge is 2.48. The van der Waals surface area contributed by atoms with Gasteiger partial charge in [-0.1, -0.05) is 29.5 Å². The zero-order valence-electron chi connectivity index (χ0n) is 11.9. The Morgan fingerprint density at radius 3 is 2.59 bits per heavy atom. The van der Waals surface area contributed by atoms with Gasteiger partial charge in [0.1, 0.15) is 5.51 Å². The first kappa shape index (κ1) is 14.1. The van der Waals surface area contributed by atoms with Crippen LogP contribution in [0.1, 0.15) is 12.8 Å². The van der Waals surface area contributed by atoms with E-state index in [0.29, 0.717) is 11.4 Å². The standard InChI is InChI=1S/C14H16N4O2S2/c19-22(20,11-4-2-1-3-5-11)18-9-7-12-13(18)6-8-17(12)14-16-15-10-21-14/h1-5,10,12-13H,6-9H2/t12-,13+/m1/s1.